The van der Waals surface area contributed by atoms with Gasteiger partial charge in [0, 0.05) is 10.7 Å². The van der Waals surface area contributed by atoms with E-state index in [0.717, 1.165) is 5.56 Å². The van der Waals surface area contributed by atoms with Crippen molar-refractivity contribution < 1.29 is 9.53 Å². The van der Waals surface area contributed by atoms with Crippen LogP contribution in [0.3, 0.4) is 0 Å². The first-order chi connectivity index (χ1) is 14.5. The normalized spacial score (nSPS) is 10.7. The van der Waals surface area contributed by atoms with Gasteiger partial charge in [0.15, 0.2) is 5.69 Å². The summed E-state index contributed by atoms with van der Waals surface area (Å²) < 4.78 is 6.66. The lowest BCUT2D eigenvalue weighted by Crippen LogP contribution is -2.31. The topological polar surface area (TPSA) is 73.2 Å². The molecule has 0 aliphatic carbocycles. The largest absolute Gasteiger partial charge is 0.497 e. The number of fused-ring (bicyclic) bond motifs is 1. The number of nitrogens with zero attached hydrogens (tertiary/aromatic N) is 2. The zero-order valence-corrected chi connectivity index (χ0v) is 16.9. The molecule has 0 atom stereocenters. The number of hydrogen-bond donors (Lipinski definition) is 1. The van der Waals surface area contributed by atoms with E-state index in [0.29, 0.717) is 27.5 Å². The minimum atomic E-state index is -0.573. The second-order valence-electron chi connectivity index (χ2n) is 6.65. The highest BCUT2D eigenvalue weighted by Crippen LogP contribution is 2.17. The zero-order valence-electron chi connectivity index (χ0n) is 16.1. The number of anilines is 1. The van der Waals surface area contributed by atoms with E-state index >= 15 is 0 Å². The molecular weight excluding hydrogens is 402 g/mol. The maximum Gasteiger partial charge on any atom is 0.283 e. The van der Waals surface area contributed by atoms with E-state index in [4.69, 9.17) is 16.3 Å². The van der Waals surface area contributed by atoms with Crippen LogP contribution in [0.2, 0.25) is 5.02 Å². The van der Waals surface area contributed by atoms with Gasteiger partial charge in [-0.05, 0) is 54.1 Å². The van der Waals surface area contributed by atoms with Crippen molar-refractivity contribution in [1.29, 1.82) is 0 Å². The lowest BCUT2D eigenvalue weighted by molar-refractivity contribution is 0.102. The minimum absolute atomic E-state index is 0.174. The van der Waals surface area contributed by atoms with Gasteiger partial charge in [-0.2, -0.15) is 0 Å². The smallest absolute Gasteiger partial charge is 0.283 e. The van der Waals surface area contributed by atoms with Crippen molar-refractivity contribution in [2.75, 3.05) is 12.4 Å². The standard InChI is InChI=1S/C23H18ClN3O3/c1-30-18-11-9-17(10-12-18)25-22(28)21-23(29)27(14-15-5-4-6-16(24)13-15)20-8-3-2-7-19(20)26-21/h2-13H,14H2,1H3,(H,25,28). The lowest BCUT2D eigenvalue weighted by atomic mass is 10.2. The van der Waals surface area contributed by atoms with Crippen LogP contribution in [-0.4, -0.2) is 22.6 Å². The molecule has 30 heavy (non-hydrogen) atoms. The summed E-state index contributed by atoms with van der Waals surface area (Å²) in [6, 6.07) is 21.3. The molecule has 1 aromatic heterocycles. The molecule has 4 aromatic rings. The van der Waals surface area contributed by atoms with Crippen LogP contribution < -0.4 is 15.6 Å². The summed E-state index contributed by atoms with van der Waals surface area (Å²) in [6.07, 6.45) is 0. The van der Waals surface area contributed by atoms with Gasteiger partial charge in [-0.15, -0.1) is 0 Å². The van der Waals surface area contributed by atoms with Crippen LogP contribution in [0.15, 0.2) is 77.6 Å². The van der Waals surface area contributed by atoms with Crippen molar-refractivity contribution in [3.63, 3.8) is 0 Å². The number of para-hydroxylation sites is 2. The van der Waals surface area contributed by atoms with Crippen LogP contribution in [0.5, 0.6) is 5.75 Å². The lowest BCUT2D eigenvalue weighted by Gasteiger charge is -2.13. The third-order valence-electron chi connectivity index (χ3n) is 4.65. The van der Waals surface area contributed by atoms with E-state index in [2.05, 4.69) is 10.3 Å². The summed E-state index contributed by atoms with van der Waals surface area (Å²) in [5, 5.41) is 3.30. The summed E-state index contributed by atoms with van der Waals surface area (Å²) in [4.78, 5) is 30.4. The van der Waals surface area contributed by atoms with Gasteiger partial charge in [-0.25, -0.2) is 4.98 Å². The van der Waals surface area contributed by atoms with Crippen molar-refractivity contribution in [2.45, 2.75) is 6.54 Å². The number of benzene rings is 3. The molecule has 0 unspecified atom stereocenters. The molecular formula is C23H18ClN3O3. The van der Waals surface area contributed by atoms with Gasteiger partial charge >= 0.3 is 0 Å². The molecule has 1 heterocycles. The fourth-order valence-corrected chi connectivity index (χ4v) is 3.39. The second-order valence-corrected chi connectivity index (χ2v) is 7.09. The molecule has 0 bridgehead atoms. The first kappa shape index (κ1) is 19.7. The molecule has 0 saturated heterocycles. The van der Waals surface area contributed by atoms with E-state index in [1.165, 1.54) is 4.57 Å². The SMILES string of the molecule is COc1ccc(NC(=O)c2nc3ccccc3n(Cc3cccc(Cl)c3)c2=O)cc1. The highest BCUT2D eigenvalue weighted by atomic mass is 35.5. The third-order valence-corrected chi connectivity index (χ3v) is 4.88. The van der Waals surface area contributed by atoms with Crippen LogP contribution in [0.1, 0.15) is 16.1 Å². The van der Waals surface area contributed by atoms with Crippen LogP contribution in [-0.2, 0) is 6.54 Å². The van der Waals surface area contributed by atoms with E-state index in [9.17, 15) is 9.59 Å². The molecule has 0 spiro atoms. The molecule has 0 aliphatic rings. The molecule has 1 amide bonds. The van der Waals surface area contributed by atoms with Gasteiger partial charge in [0.2, 0.25) is 0 Å². The summed E-state index contributed by atoms with van der Waals surface area (Å²) in [7, 11) is 1.56. The number of methoxy groups -OCH3 is 1. The van der Waals surface area contributed by atoms with Gasteiger partial charge < -0.3 is 14.6 Å². The first-order valence-corrected chi connectivity index (χ1v) is 9.62. The van der Waals surface area contributed by atoms with Gasteiger partial charge in [-0.3, -0.25) is 9.59 Å². The summed E-state index contributed by atoms with van der Waals surface area (Å²) in [5.41, 5.74) is 1.94. The van der Waals surface area contributed by atoms with Gasteiger partial charge in [0.25, 0.3) is 11.5 Å². The predicted molar refractivity (Wildman–Crippen MR) is 118 cm³/mol. The Bertz CT molecular complexity index is 1280. The molecule has 3 aromatic carbocycles. The fourth-order valence-electron chi connectivity index (χ4n) is 3.18. The molecule has 0 fully saturated rings. The first-order valence-electron chi connectivity index (χ1n) is 9.24. The van der Waals surface area contributed by atoms with E-state index in [-0.39, 0.29) is 12.2 Å². The van der Waals surface area contributed by atoms with Crippen molar-refractivity contribution >= 4 is 34.2 Å². The number of hydrogen-bond acceptors (Lipinski definition) is 4. The Kier molecular flexibility index (Phi) is 5.50. The minimum Gasteiger partial charge on any atom is -0.497 e. The molecule has 0 radical (unpaired) electrons. The highest BCUT2D eigenvalue weighted by molar-refractivity contribution is 6.30. The summed E-state index contributed by atoms with van der Waals surface area (Å²) >= 11 is 6.09. The number of halogens is 1. The Balaban J connectivity index is 1.75. The van der Waals surface area contributed by atoms with Crippen LogP contribution in [0, 0.1) is 0 Å². The monoisotopic (exact) mass is 419 g/mol. The van der Waals surface area contributed by atoms with Gasteiger partial charge in [0.1, 0.15) is 5.75 Å². The molecule has 0 aliphatic heterocycles. The Morgan fingerprint density at radius 1 is 1.07 bits per heavy atom. The Morgan fingerprint density at radius 2 is 1.83 bits per heavy atom. The number of nitrogens with one attached hydrogen (secondary N) is 1. The Hall–Kier alpha value is -3.64. The maximum absolute atomic E-state index is 13.2. The van der Waals surface area contributed by atoms with Crippen LogP contribution >= 0.6 is 11.6 Å². The number of rotatable bonds is 5. The Labute approximate surface area is 177 Å². The highest BCUT2D eigenvalue weighted by Gasteiger charge is 2.18. The van der Waals surface area contributed by atoms with Crippen molar-refractivity contribution in [1.82, 2.24) is 9.55 Å². The fraction of sp³-hybridized carbons (Fsp3) is 0.0870. The molecule has 150 valence electrons. The van der Waals surface area contributed by atoms with Crippen molar-refractivity contribution in [3.8, 4) is 5.75 Å². The molecule has 6 nitrogen and oxygen atoms in total. The predicted octanol–water partition coefficient (Wildman–Crippen LogP) is 4.36. The van der Waals surface area contributed by atoms with Crippen molar-refractivity contribution in [2.24, 2.45) is 0 Å². The third kappa shape index (κ3) is 4.04. The Morgan fingerprint density at radius 3 is 2.57 bits per heavy atom. The number of carbonyl (C=O) groups excluding carboxylic acids is 1. The summed E-state index contributed by atoms with van der Waals surface area (Å²) in [5.74, 6) is 0.0940. The van der Waals surface area contributed by atoms with E-state index in [1.54, 1.807) is 55.6 Å². The average molecular weight is 420 g/mol. The van der Waals surface area contributed by atoms with E-state index < -0.39 is 11.5 Å². The molecule has 4 rings (SSSR count). The molecule has 1 N–H and O–H groups in total. The number of carbonyl (C=O) groups is 1. The van der Waals surface area contributed by atoms with E-state index in [1.807, 2.05) is 24.3 Å². The molecule has 7 heteroatoms. The van der Waals surface area contributed by atoms with Crippen LogP contribution in [0.25, 0.3) is 11.0 Å². The maximum atomic E-state index is 13.2. The van der Waals surface area contributed by atoms with Gasteiger partial charge in [0.05, 0.1) is 24.7 Å². The average Bonchev–Trinajstić information content (AvgIpc) is 2.76. The molecule has 0 saturated carbocycles. The quantitative estimate of drug-likeness (QED) is 0.521. The summed E-state index contributed by atoms with van der Waals surface area (Å²) in [6.45, 7) is 0.269. The zero-order chi connectivity index (χ0) is 21.1. The van der Waals surface area contributed by atoms with Gasteiger partial charge in [-0.1, -0.05) is 35.9 Å². The van der Waals surface area contributed by atoms with Crippen molar-refractivity contribution in [3.05, 3.63) is 99.4 Å². The number of ether oxygens (including phenoxy) is 1. The van der Waals surface area contributed by atoms with Crippen LogP contribution in [0.4, 0.5) is 5.69 Å². The second kappa shape index (κ2) is 8.39. The number of aromatic nitrogens is 2. The number of amides is 1.